The first-order valence-electron chi connectivity index (χ1n) is 10.6. The molecule has 0 spiro atoms. The second kappa shape index (κ2) is 10.6. The molecule has 2 amide bonds. The number of amides is 2. The lowest BCUT2D eigenvalue weighted by molar-refractivity contribution is 0.0724. The lowest BCUT2D eigenvalue weighted by Crippen LogP contribution is -2.35. The second-order valence-electron chi connectivity index (χ2n) is 7.44. The van der Waals surface area contributed by atoms with Gasteiger partial charge in [-0.3, -0.25) is 9.59 Å². The Bertz CT molecular complexity index is 811. The van der Waals surface area contributed by atoms with Gasteiger partial charge < -0.3 is 15.0 Å². The van der Waals surface area contributed by atoms with Crippen LogP contribution in [0.4, 0.5) is 5.69 Å². The van der Waals surface area contributed by atoms with Crippen LogP contribution in [0.15, 0.2) is 48.5 Å². The van der Waals surface area contributed by atoms with Crippen LogP contribution >= 0.6 is 0 Å². The van der Waals surface area contributed by atoms with Crippen molar-refractivity contribution in [2.45, 2.75) is 45.4 Å². The summed E-state index contributed by atoms with van der Waals surface area (Å²) in [6.45, 7) is 4.40. The zero-order valence-corrected chi connectivity index (χ0v) is 17.2. The maximum Gasteiger partial charge on any atom is 0.259 e. The monoisotopic (exact) mass is 394 g/mol. The number of hydrogen-bond acceptors (Lipinski definition) is 3. The number of nitrogens with zero attached hydrogens (tertiary/aromatic N) is 1. The number of piperidine rings is 1. The van der Waals surface area contributed by atoms with Gasteiger partial charge in [-0.25, -0.2) is 0 Å². The van der Waals surface area contributed by atoms with E-state index >= 15 is 0 Å². The van der Waals surface area contributed by atoms with E-state index in [0.717, 1.165) is 45.2 Å². The number of carbonyl (C=O) groups excluding carboxylic acids is 2. The van der Waals surface area contributed by atoms with Crippen LogP contribution in [0.3, 0.4) is 0 Å². The van der Waals surface area contributed by atoms with Crippen molar-refractivity contribution in [3.05, 3.63) is 59.7 Å². The van der Waals surface area contributed by atoms with Crippen molar-refractivity contribution in [1.29, 1.82) is 0 Å². The molecule has 1 heterocycles. The van der Waals surface area contributed by atoms with E-state index in [1.165, 1.54) is 6.42 Å². The summed E-state index contributed by atoms with van der Waals surface area (Å²) in [5.41, 5.74) is 1.83. The molecule has 29 heavy (non-hydrogen) atoms. The van der Waals surface area contributed by atoms with E-state index in [1.807, 2.05) is 23.1 Å². The Morgan fingerprint density at radius 2 is 1.69 bits per heavy atom. The molecule has 1 saturated heterocycles. The number of para-hydroxylation sites is 1. The molecule has 1 N–H and O–H groups in total. The second-order valence-corrected chi connectivity index (χ2v) is 7.44. The third-order valence-corrected chi connectivity index (χ3v) is 5.17. The van der Waals surface area contributed by atoms with Crippen molar-refractivity contribution < 1.29 is 14.3 Å². The zero-order chi connectivity index (χ0) is 20.5. The van der Waals surface area contributed by atoms with Crippen molar-refractivity contribution in [3.8, 4) is 5.75 Å². The molecule has 1 fully saturated rings. The molecule has 2 aromatic rings. The van der Waals surface area contributed by atoms with E-state index in [0.29, 0.717) is 29.2 Å². The maximum absolute atomic E-state index is 12.7. The Hall–Kier alpha value is -2.82. The molecule has 0 saturated carbocycles. The van der Waals surface area contributed by atoms with Crippen molar-refractivity contribution in [1.82, 2.24) is 4.90 Å². The van der Waals surface area contributed by atoms with Gasteiger partial charge in [0.1, 0.15) is 5.75 Å². The fraction of sp³-hybridized carbons (Fsp3) is 0.417. The minimum absolute atomic E-state index is 0.0633. The predicted molar refractivity (Wildman–Crippen MR) is 116 cm³/mol. The smallest absolute Gasteiger partial charge is 0.259 e. The molecule has 5 nitrogen and oxygen atoms in total. The number of unbranched alkanes of at least 4 members (excludes halogenated alkanes) is 2. The van der Waals surface area contributed by atoms with Crippen molar-refractivity contribution >= 4 is 17.5 Å². The first-order chi connectivity index (χ1) is 14.2. The Labute approximate surface area is 173 Å². The van der Waals surface area contributed by atoms with Crippen LogP contribution in [0.5, 0.6) is 5.75 Å². The largest absolute Gasteiger partial charge is 0.493 e. The Kier molecular flexibility index (Phi) is 7.68. The Morgan fingerprint density at radius 1 is 0.966 bits per heavy atom. The van der Waals surface area contributed by atoms with E-state index in [9.17, 15) is 9.59 Å². The summed E-state index contributed by atoms with van der Waals surface area (Å²) in [6.07, 6.45) is 6.54. The fourth-order valence-electron chi connectivity index (χ4n) is 3.49. The summed E-state index contributed by atoms with van der Waals surface area (Å²) in [5.74, 6) is 0.442. The SMILES string of the molecule is CCCCCOc1ccccc1C(=O)Nc1ccc(C(=O)N2CCCCC2)cc1. The molecule has 1 aliphatic rings. The Morgan fingerprint density at radius 3 is 2.41 bits per heavy atom. The normalized spacial score (nSPS) is 13.8. The van der Waals surface area contributed by atoms with Crippen LogP contribution in [0, 0.1) is 0 Å². The molecular weight excluding hydrogens is 364 g/mol. The van der Waals surface area contributed by atoms with E-state index in [1.54, 1.807) is 30.3 Å². The van der Waals surface area contributed by atoms with Gasteiger partial charge in [0.05, 0.1) is 12.2 Å². The van der Waals surface area contributed by atoms with Crippen LogP contribution in [0.2, 0.25) is 0 Å². The standard InChI is InChI=1S/C24H30N2O3/c1-2-3-9-18-29-22-11-6-5-10-21(22)23(27)25-20-14-12-19(13-15-20)24(28)26-16-7-4-8-17-26/h5-6,10-15H,2-4,7-9,16-18H2,1H3,(H,25,27). The molecule has 0 bridgehead atoms. The van der Waals surface area contributed by atoms with E-state index < -0.39 is 0 Å². The molecule has 0 unspecified atom stereocenters. The van der Waals surface area contributed by atoms with Crippen LogP contribution in [0.25, 0.3) is 0 Å². The van der Waals surface area contributed by atoms with Crippen LogP contribution in [-0.2, 0) is 0 Å². The average Bonchev–Trinajstić information content (AvgIpc) is 2.77. The number of benzene rings is 2. The third kappa shape index (κ3) is 5.83. The van der Waals surface area contributed by atoms with Crippen molar-refractivity contribution in [2.24, 2.45) is 0 Å². The topological polar surface area (TPSA) is 58.6 Å². The molecule has 154 valence electrons. The quantitative estimate of drug-likeness (QED) is 0.631. The van der Waals surface area contributed by atoms with Crippen LogP contribution < -0.4 is 10.1 Å². The highest BCUT2D eigenvalue weighted by molar-refractivity contribution is 6.06. The van der Waals surface area contributed by atoms with Gasteiger partial charge in [0.15, 0.2) is 0 Å². The minimum atomic E-state index is -0.216. The van der Waals surface area contributed by atoms with Gasteiger partial charge in [-0.2, -0.15) is 0 Å². The predicted octanol–water partition coefficient (Wildman–Crippen LogP) is 5.13. The van der Waals surface area contributed by atoms with Gasteiger partial charge in [-0.1, -0.05) is 31.9 Å². The van der Waals surface area contributed by atoms with E-state index in [2.05, 4.69) is 12.2 Å². The highest BCUT2D eigenvalue weighted by Gasteiger charge is 2.18. The number of likely N-dealkylation sites (tertiary alicyclic amines) is 1. The van der Waals surface area contributed by atoms with Gasteiger partial charge >= 0.3 is 0 Å². The first-order valence-corrected chi connectivity index (χ1v) is 10.6. The zero-order valence-electron chi connectivity index (χ0n) is 17.2. The molecule has 0 aromatic heterocycles. The highest BCUT2D eigenvalue weighted by atomic mass is 16.5. The summed E-state index contributed by atoms with van der Waals surface area (Å²) in [5, 5.41) is 2.90. The molecule has 0 atom stereocenters. The maximum atomic E-state index is 12.7. The fourth-order valence-corrected chi connectivity index (χ4v) is 3.49. The average molecular weight is 395 g/mol. The van der Waals surface area contributed by atoms with E-state index in [4.69, 9.17) is 4.74 Å². The number of ether oxygens (including phenoxy) is 1. The molecule has 5 heteroatoms. The lowest BCUT2D eigenvalue weighted by Gasteiger charge is -2.26. The Balaban J connectivity index is 1.61. The summed E-state index contributed by atoms with van der Waals surface area (Å²) in [4.78, 5) is 27.2. The third-order valence-electron chi connectivity index (χ3n) is 5.17. The van der Waals surface area contributed by atoms with Gasteiger partial charge in [-0.15, -0.1) is 0 Å². The van der Waals surface area contributed by atoms with Gasteiger partial charge in [0, 0.05) is 24.3 Å². The molecule has 2 aromatic carbocycles. The summed E-state index contributed by atoms with van der Waals surface area (Å²) >= 11 is 0. The van der Waals surface area contributed by atoms with Crippen molar-refractivity contribution in [3.63, 3.8) is 0 Å². The summed E-state index contributed by atoms with van der Waals surface area (Å²) in [6, 6.07) is 14.4. The number of anilines is 1. The number of nitrogens with one attached hydrogen (secondary N) is 1. The summed E-state index contributed by atoms with van der Waals surface area (Å²) in [7, 11) is 0. The lowest BCUT2D eigenvalue weighted by atomic mass is 10.1. The molecule has 0 aliphatic carbocycles. The number of carbonyl (C=O) groups is 2. The molecular formula is C24H30N2O3. The summed E-state index contributed by atoms with van der Waals surface area (Å²) < 4.78 is 5.80. The van der Waals surface area contributed by atoms with Gasteiger partial charge in [-0.05, 0) is 62.1 Å². The van der Waals surface area contributed by atoms with E-state index in [-0.39, 0.29) is 11.8 Å². The van der Waals surface area contributed by atoms with Crippen molar-refractivity contribution in [2.75, 3.05) is 25.0 Å². The number of rotatable bonds is 8. The molecule has 3 rings (SSSR count). The minimum Gasteiger partial charge on any atom is -0.493 e. The molecule has 0 radical (unpaired) electrons. The van der Waals surface area contributed by atoms with Gasteiger partial charge in [0.2, 0.25) is 0 Å². The first kappa shape index (κ1) is 20.9. The van der Waals surface area contributed by atoms with Gasteiger partial charge in [0.25, 0.3) is 11.8 Å². The molecule has 1 aliphatic heterocycles. The van der Waals surface area contributed by atoms with Crippen LogP contribution in [-0.4, -0.2) is 36.4 Å². The van der Waals surface area contributed by atoms with Crippen LogP contribution in [0.1, 0.15) is 66.2 Å². The highest BCUT2D eigenvalue weighted by Crippen LogP contribution is 2.21. The number of hydrogen-bond donors (Lipinski definition) is 1.